The Hall–Kier alpha value is 0.150. The maximum atomic E-state index is 5.25. The molecule has 0 radical (unpaired) electrons. The number of thioether (sulfide) groups is 1. The largest absolute Gasteiger partial charge is 0.379 e. The minimum atomic E-state index is 0.323. The van der Waals surface area contributed by atoms with Crippen molar-refractivity contribution in [1.82, 2.24) is 19.6 Å². The summed E-state index contributed by atoms with van der Waals surface area (Å²) in [5.74, 6) is 2.63. The topological polar surface area (TPSA) is 22.2 Å². The molecule has 240 valence electrons. The summed E-state index contributed by atoms with van der Waals surface area (Å²) in [6, 6.07) is 0. The molecule has 4 aliphatic rings. The van der Waals surface area contributed by atoms with Crippen LogP contribution >= 0.6 is 11.8 Å². The van der Waals surface area contributed by atoms with Crippen LogP contribution in [0.1, 0.15) is 122 Å². The molecule has 4 heterocycles. The van der Waals surface area contributed by atoms with E-state index in [1.54, 1.807) is 0 Å². The van der Waals surface area contributed by atoms with Gasteiger partial charge >= 0.3 is 0 Å². The Morgan fingerprint density at radius 2 is 0.650 bits per heavy atom. The fourth-order valence-corrected chi connectivity index (χ4v) is 6.50. The summed E-state index contributed by atoms with van der Waals surface area (Å²) in [4.78, 5) is 10.2. The smallest absolute Gasteiger partial charge is 0.0594 e. The van der Waals surface area contributed by atoms with E-state index in [4.69, 9.17) is 4.74 Å². The van der Waals surface area contributed by atoms with Crippen molar-refractivity contribution in [2.75, 3.05) is 77.1 Å². The minimum Gasteiger partial charge on any atom is -0.379 e. The Morgan fingerprint density at radius 3 is 0.875 bits per heavy atom. The lowest BCUT2D eigenvalue weighted by Crippen LogP contribution is -2.47. The van der Waals surface area contributed by atoms with E-state index < -0.39 is 0 Å². The molecule has 0 amide bonds. The highest BCUT2D eigenvalue weighted by atomic mass is 32.2. The highest BCUT2D eigenvalue weighted by Gasteiger charge is 2.24. The van der Waals surface area contributed by atoms with Gasteiger partial charge in [0.15, 0.2) is 0 Å². The minimum absolute atomic E-state index is 0.323. The first-order chi connectivity index (χ1) is 18.4. The van der Waals surface area contributed by atoms with Crippen molar-refractivity contribution >= 4 is 11.8 Å². The molecule has 0 aromatic heterocycles. The third kappa shape index (κ3) is 16.7. The molecule has 0 bridgehead atoms. The number of rotatable bonds is 0. The van der Waals surface area contributed by atoms with Crippen molar-refractivity contribution in [3.63, 3.8) is 0 Å². The summed E-state index contributed by atoms with van der Waals surface area (Å²) >= 11 is 2.07. The summed E-state index contributed by atoms with van der Waals surface area (Å²) in [6.45, 7) is 39.2. The SMILES string of the molecule is CC(C)(C)N1CCCCC1.CC(C)(C)N1CCCCC1.CC(C)(C)N1CCOCC1.CC(C)(C)N1CCSCC1. The number of hydrogen-bond acceptors (Lipinski definition) is 6. The van der Waals surface area contributed by atoms with E-state index in [0.717, 1.165) is 26.3 Å². The molecule has 4 aliphatic heterocycles. The lowest BCUT2D eigenvalue weighted by atomic mass is 10.0. The summed E-state index contributed by atoms with van der Waals surface area (Å²) in [5.41, 5.74) is 1.52. The van der Waals surface area contributed by atoms with Gasteiger partial charge in [-0.25, -0.2) is 0 Å². The van der Waals surface area contributed by atoms with E-state index in [9.17, 15) is 0 Å². The summed E-state index contributed by atoms with van der Waals surface area (Å²) in [5, 5.41) is 0. The zero-order chi connectivity index (χ0) is 30.5. The zero-order valence-electron chi connectivity index (χ0n) is 29.3. The van der Waals surface area contributed by atoms with Crippen LogP contribution in [0.15, 0.2) is 0 Å². The van der Waals surface area contributed by atoms with Crippen LogP contribution in [0.3, 0.4) is 0 Å². The van der Waals surface area contributed by atoms with Crippen LogP contribution in [0, 0.1) is 0 Å². The maximum Gasteiger partial charge on any atom is 0.0594 e. The molecule has 40 heavy (non-hydrogen) atoms. The van der Waals surface area contributed by atoms with Crippen molar-refractivity contribution in [3.8, 4) is 0 Å². The Bertz CT molecular complexity index is 508. The van der Waals surface area contributed by atoms with Gasteiger partial charge in [0.05, 0.1) is 13.2 Å². The average Bonchev–Trinajstić information content (AvgIpc) is 2.90. The molecule has 0 aliphatic carbocycles. The third-order valence-corrected chi connectivity index (χ3v) is 9.47. The molecule has 5 nitrogen and oxygen atoms in total. The normalized spacial score (nSPS) is 23.1. The molecular formula is C34H72N4OS. The van der Waals surface area contributed by atoms with Crippen LogP contribution in [0.4, 0.5) is 0 Å². The van der Waals surface area contributed by atoms with Gasteiger partial charge in [0.2, 0.25) is 0 Å². The second-order valence-electron chi connectivity index (χ2n) is 16.0. The maximum absolute atomic E-state index is 5.25. The van der Waals surface area contributed by atoms with Crippen molar-refractivity contribution in [3.05, 3.63) is 0 Å². The molecule has 0 aromatic carbocycles. The fourth-order valence-electron chi connectivity index (χ4n) is 5.60. The van der Waals surface area contributed by atoms with Crippen LogP contribution in [0.25, 0.3) is 0 Å². The van der Waals surface area contributed by atoms with Gasteiger partial charge in [-0.1, -0.05) is 12.8 Å². The van der Waals surface area contributed by atoms with E-state index in [1.807, 2.05) is 0 Å². The molecule has 0 N–H and O–H groups in total. The monoisotopic (exact) mass is 585 g/mol. The summed E-state index contributed by atoms with van der Waals surface area (Å²) in [7, 11) is 0. The number of morpholine rings is 1. The first kappa shape index (κ1) is 38.2. The zero-order valence-corrected chi connectivity index (χ0v) is 30.1. The van der Waals surface area contributed by atoms with E-state index in [1.165, 1.54) is 89.3 Å². The number of nitrogens with zero attached hydrogens (tertiary/aromatic N) is 4. The predicted molar refractivity (Wildman–Crippen MR) is 181 cm³/mol. The van der Waals surface area contributed by atoms with Crippen LogP contribution in [0.2, 0.25) is 0 Å². The van der Waals surface area contributed by atoms with Gasteiger partial charge in [-0.3, -0.25) is 19.6 Å². The van der Waals surface area contributed by atoms with Crippen LogP contribution < -0.4 is 0 Å². The van der Waals surface area contributed by atoms with Crippen LogP contribution in [-0.2, 0) is 4.74 Å². The molecule has 4 rings (SSSR count). The number of hydrogen-bond donors (Lipinski definition) is 0. The standard InChI is InChI=1S/2C9H19N.C8H17NO.C8H17NS/c2*1-9(2,3)10-7-5-4-6-8-10;2*1-8(2,3)9-4-6-10-7-5-9/h2*4-8H2,1-3H3;2*4-7H2,1-3H3. The van der Waals surface area contributed by atoms with Gasteiger partial charge in [0.1, 0.15) is 0 Å². The van der Waals surface area contributed by atoms with Crippen molar-refractivity contribution in [2.45, 2.75) is 144 Å². The van der Waals surface area contributed by atoms with Gasteiger partial charge in [-0.15, -0.1) is 0 Å². The average molecular weight is 585 g/mol. The highest BCUT2D eigenvalue weighted by Crippen LogP contribution is 2.21. The second-order valence-corrected chi connectivity index (χ2v) is 17.2. The fraction of sp³-hybridized carbons (Fsp3) is 1.00. The highest BCUT2D eigenvalue weighted by molar-refractivity contribution is 7.99. The van der Waals surface area contributed by atoms with Crippen LogP contribution in [-0.4, -0.2) is 119 Å². The molecule has 6 heteroatoms. The van der Waals surface area contributed by atoms with Crippen molar-refractivity contribution < 1.29 is 4.74 Å². The van der Waals surface area contributed by atoms with Crippen LogP contribution in [0.5, 0.6) is 0 Å². The number of likely N-dealkylation sites (tertiary alicyclic amines) is 2. The molecule has 0 atom stereocenters. The predicted octanol–water partition coefficient (Wildman–Crippen LogP) is 7.49. The second kappa shape index (κ2) is 18.1. The van der Waals surface area contributed by atoms with Crippen molar-refractivity contribution in [2.24, 2.45) is 0 Å². The Kier molecular flexibility index (Phi) is 17.2. The molecule has 0 saturated carbocycles. The lowest BCUT2D eigenvalue weighted by Gasteiger charge is -2.38. The summed E-state index contributed by atoms with van der Waals surface area (Å²) < 4.78 is 5.25. The number of piperidine rings is 2. The molecular weight excluding hydrogens is 512 g/mol. The quantitative estimate of drug-likeness (QED) is 0.292. The third-order valence-electron chi connectivity index (χ3n) is 8.53. The Morgan fingerprint density at radius 1 is 0.375 bits per heavy atom. The molecule has 0 unspecified atom stereocenters. The van der Waals surface area contributed by atoms with E-state index >= 15 is 0 Å². The lowest BCUT2D eigenvalue weighted by molar-refractivity contribution is -0.00389. The number of ether oxygens (including phenoxy) is 1. The first-order valence-corrected chi connectivity index (χ1v) is 17.7. The van der Waals surface area contributed by atoms with Gasteiger partial charge in [-0.05, 0) is 135 Å². The Balaban J connectivity index is 0.000000267. The van der Waals surface area contributed by atoms with E-state index in [0.29, 0.717) is 22.2 Å². The van der Waals surface area contributed by atoms with Gasteiger partial charge in [0.25, 0.3) is 0 Å². The van der Waals surface area contributed by atoms with Gasteiger partial charge in [-0.2, -0.15) is 11.8 Å². The van der Waals surface area contributed by atoms with E-state index in [-0.39, 0.29) is 0 Å². The van der Waals surface area contributed by atoms with E-state index in [2.05, 4.69) is 114 Å². The molecule has 0 spiro atoms. The summed E-state index contributed by atoms with van der Waals surface area (Å²) in [6.07, 6.45) is 8.47. The molecule has 4 saturated heterocycles. The molecule has 0 aromatic rings. The van der Waals surface area contributed by atoms with Gasteiger partial charge in [0, 0.05) is 59.8 Å². The van der Waals surface area contributed by atoms with Gasteiger partial charge < -0.3 is 4.74 Å². The Labute approximate surface area is 256 Å². The molecule has 4 fully saturated rings. The van der Waals surface area contributed by atoms with Crippen molar-refractivity contribution in [1.29, 1.82) is 0 Å². The first-order valence-electron chi connectivity index (χ1n) is 16.6.